The van der Waals surface area contributed by atoms with Crippen LogP contribution in [0, 0.1) is 4.77 Å². The molecule has 1 aromatic carbocycles. The molecule has 0 aliphatic carbocycles. The quantitative estimate of drug-likeness (QED) is 0.834. The molecule has 0 spiro atoms. The fraction of sp³-hybridized carbons (Fsp3) is 0.231. The molecule has 0 saturated heterocycles. The molecule has 3 N–H and O–H groups in total. The number of rotatable bonds is 4. The van der Waals surface area contributed by atoms with Crippen molar-refractivity contribution in [2.75, 3.05) is 0 Å². The van der Waals surface area contributed by atoms with Gasteiger partial charge in [0.2, 0.25) is 0 Å². The molecule has 1 atom stereocenters. The van der Waals surface area contributed by atoms with E-state index in [9.17, 15) is 4.79 Å². The SMILES string of the molecule is CC[C@H](c1ccc(Cl)c(Cl)c1)n1c(C(N)=O)c[nH]c1=S. The van der Waals surface area contributed by atoms with E-state index in [-0.39, 0.29) is 6.04 Å². The van der Waals surface area contributed by atoms with E-state index in [1.54, 1.807) is 16.7 Å². The number of amides is 1. The highest BCUT2D eigenvalue weighted by atomic mass is 35.5. The topological polar surface area (TPSA) is 63.8 Å². The van der Waals surface area contributed by atoms with Crippen LogP contribution in [-0.2, 0) is 0 Å². The van der Waals surface area contributed by atoms with Crippen molar-refractivity contribution >= 4 is 41.3 Å². The Morgan fingerprint density at radius 3 is 2.70 bits per heavy atom. The summed E-state index contributed by atoms with van der Waals surface area (Å²) in [6.07, 6.45) is 2.25. The number of aromatic amines is 1. The van der Waals surface area contributed by atoms with Gasteiger partial charge in [-0.15, -0.1) is 0 Å². The van der Waals surface area contributed by atoms with Gasteiger partial charge in [0, 0.05) is 6.20 Å². The van der Waals surface area contributed by atoms with Gasteiger partial charge in [-0.05, 0) is 36.3 Å². The number of primary amides is 1. The monoisotopic (exact) mass is 329 g/mol. The van der Waals surface area contributed by atoms with Gasteiger partial charge in [-0.25, -0.2) is 0 Å². The molecule has 1 amide bonds. The van der Waals surface area contributed by atoms with Crippen molar-refractivity contribution in [3.63, 3.8) is 0 Å². The Morgan fingerprint density at radius 2 is 2.15 bits per heavy atom. The van der Waals surface area contributed by atoms with Gasteiger partial charge in [0.25, 0.3) is 5.91 Å². The van der Waals surface area contributed by atoms with Crippen molar-refractivity contribution in [3.05, 3.63) is 50.5 Å². The molecule has 0 aliphatic heterocycles. The number of halogens is 2. The van der Waals surface area contributed by atoms with Gasteiger partial charge in [0.05, 0.1) is 16.1 Å². The van der Waals surface area contributed by atoms with Gasteiger partial charge in [0.15, 0.2) is 4.77 Å². The highest BCUT2D eigenvalue weighted by molar-refractivity contribution is 7.71. The van der Waals surface area contributed by atoms with Crippen molar-refractivity contribution in [1.29, 1.82) is 0 Å². The maximum absolute atomic E-state index is 11.5. The van der Waals surface area contributed by atoms with Crippen LogP contribution in [0.25, 0.3) is 0 Å². The first-order valence-corrected chi connectivity index (χ1v) is 7.16. The first-order valence-electron chi connectivity index (χ1n) is 6.00. The van der Waals surface area contributed by atoms with Crippen molar-refractivity contribution < 1.29 is 4.79 Å². The molecule has 0 bridgehead atoms. The second-order valence-corrected chi connectivity index (χ2v) is 5.51. The average Bonchev–Trinajstić information content (AvgIpc) is 2.77. The minimum atomic E-state index is -0.532. The minimum absolute atomic E-state index is 0.133. The van der Waals surface area contributed by atoms with E-state index in [2.05, 4.69) is 4.98 Å². The molecule has 7 heteroatoms. The number of hydrogen-bond acceptors (Lipinski definition) is 2. The van der Waals surface area contributed by atoms with Crippen LogP contribution < -0.4 is 5.73 Å². The standard InChI is InChI=1S/C13H13Cl2N3OS/c1-2-10(7-3-4-8(14)9(15)5-7)18-11(12(16)19)6-17-13(18)20/h3-6,10H,2H2,1H3,(H2,16,19)(H,17,20)/t10-/m1/s1. The van der Waals surface area contributed by atoms with E-state index >= 15 is 0 Å². The maximum Gasteiger partial charge on any atom is 0.266 e. The lowest BCUT2D eigenvalue weighted by Gasteiger charge is -2.19. The fourth-order valence-electron chi connectivity index (χ4n) is 2.16. The Morgan fingerprint density at radius 1 is 1.45 bits per heavy atom. The fourth-order valence-corrected chi connectivity index (χ4v) is 2.76. The van der Waals surface area contributed by atoms with E-state index in [1.165, 1.54) is 6.20 Å². The van der Waals surface area contributed by atoms with Crippen LogP contribution in [0.5, 0.6) is 0 Å². The first kappa shape index (κ1) is 15.1. The molecular formula is C13H13Cl2N3OS. The third-order valence-corrected chi connectivity index (χ3v) is 4.14. The Balaban J connectivity index is 2.58. The number of aromatic nitrogens is 2. The van der Waals surface area contributed by atoms with E-state index in [4.69, 9.17) is 41.2 Å². The summed E-state index contributed by atoms with van der Waals surface area (Å²) in [5.41, 5.74) is 6.64. The lowest BCUT2D eigenvalue weighted by Crippen LogP contribution is -2.21. The Hall–Kier alpha value is -1.30. The van der Waals surface area contributed by atoms with Crippen LogP contribution >= 0.6 is 35.4 Å². The highest BCUT2D eigenvalue weighted by Crippen LogP contribution is 2.30. The summed E-state index contributed by atoms with van der Waals surface area (Å²) in [5, 5.41) is 0.948. The minimum Gasteiger partial charge on any atom is -0.364 e. The number of nitrogens with two attached hydrogens (primary N) is 1. The van der Waals surface area contributed by atoms with E-state index < -0.39 is 5.91 Å². The summed E-state index contributed by atoms with van der Waals surface area (Å²) < 4.78 is 2.15. The zero-order valence-electron chi connectivity index (χ0n) is 10.7. The van der Waals surface area contributed by atoms with Gasteiger partial charge in [-0.3, -0.25) is 4.79 Å². The molecule has 0 unspecified atom stereocenters. The predicted octanol–water partition coefficient (Wildman–Crippen LogP) is 3.95. The number of nitrogens with zero attached hydrogens (tertiary/aromatic N) is 1. The van der Waals surface area contributed by atoms with Crippen LogP contribution in [0.4, 0.5) is 0 Å². The van der Waals surface area contributed by atoms with Crippen LogP contribution in [0.1, 0.15) is 35.4 Å². The Labute approximate surface area is 131 Å². The molecule has 4 nitrogen and oxygen atoms in total. The highest BCUT2D eigenvalue weighted by Gasteiger charge is 2.19. The Bertz CT molecular complexity index is 708. The second kappa shape index (κ2) is 5.99. The molecular weight excluding hydrogens is 317 g/mol. The molecule has 2 rings (SSSR count). The molecule has 1 heterocycles. The molecule has 2 aromatic rings. The number of carbonyl (C=O) groups excluding carboxylic acids is 1. The smallest absolute Gasteiger partial charge is 0.266 e. The summed E-state index contributed by atoms with van der Waals surface area (Å²) in [4.78, 5) is 14.3. The third kappa shape index (κ3) is 2.75. The number of nitrogens with one attached hydrogen (secondary N) is 1. The van der Waals surface area contributed by atoms with Gasteiger partial charge < -0.3 is 15.3 Å². The first-order chi connectivity index (χ1) is 9.45. The summed E-state index contributed by atoms with van der Waals surface area (Å²) >= 11 is 17.2. The normalized spacial score (nSPS) is 12.3. The van der Waals surface area contributed by atoms with Crippen molar-refractivity contribution in [3.8, 4) is 0 Å². The van der Waals surface area contributed by atoms with Gasteiger partial charge in [0.1, 0.15) is 5.69 Å². The molecule has 0 fully saturated rings. The van der Waals surface area contributed by atoms with Crippen LogP contribution in [-0.4, -0.2) is 15.5 Å². The summed E-state index contributed by atoms with van der Waals surface area (Å²) in [7, 11) is 0. The third-order valence-electron chi connectivity index (χ3n) is 3.09. The molecule has 1 aromatic heterocycles. The van der Waals surface area contributed by atoms with Gasteiger partial charge >= 0.3 is 0 Å². The summed E-state index contributed by atoms with van der Waals surface area (Å²) in [6.45, 7) is 1.99. The Kier molecular flexibility index (Phi) is 4.52. The maximum atomic E-state index is 11.5. The molecule has 20 heavy (non-hydrogen) atoms. The molecule has 106 valence electrons. The number of hydrogen-bond donors (Lipinski definition) is 2. The lowest BCUT2D eigenvalue weighted by atomic mass is 10.0. The van der Waals surface area contributed by atoms with Crippen molar-refractivity contribution in [2.45, 2.75) is 19.4 Å². The van der Waals surface area contributed by atoms with E-state index in [0.717, 1.165) is 12.0 Å². The van der Waals surface area contributed by atoms with Crippen LogP contribution in [0.2, 0.25) is 10.0 Å². The van der Waals surface area contributed by atoms with Crippen LogP contribution in [0.3, 0.4) is 0 Å². The predicted molar refractivity (Wildman–Crippen MR) is 83.0 cm³/mol. The van der Waals surface area contributed by atoms with Gasteiger partial charge in [-0.1, -0.05) is 36.2 Å². The van der Waals surface area contributed by atoms with Crippen LogP contribution in [0.15, 0.2) is 24.4 Å². The molecule has 0 aliphatic rings. The largest absolute Gasteiger partial charge is 0.364 e. The zero-order chi connectivity index (χ0) is 14.9. The van der Waals surface area contributed by atoms with E-state index in [1.807, 2.05) is 13.0 Å². The molecule has 0 saturated carbocycles. The zero-order valence-corrected chi connectivity index (χ0v) is 13.0. The number of imidazole rings is 1. The summed E-state index contributed by atoms with van der Waals surface area (Å²) in [5.74, 6) is -0.532. The lowest BCUT2D eigenvalue weighted by molar-refractivity contribution is 0.0990. The number of carbonyl (C=O) groups is 1. The van der Waals surface area contributed by atoms with Crippen molar-refractivity contribution in [1.82, 2.24) is 9.55 Å². The van der Waals surface area contributed by atoms with Crippen molar-refractivity contribution in [2.24, 2.45) is 5.73 Å². The molecule has 0 radical (unpaired) electrons. The number of benzene rings is 1. The van der Waals surface area contributed by atoms with Gasteiger partial charge in [-0.2, -0.15) is 0 Å². The second-order valence-electron chi connectivity index (χ2n) is 4.31. The van der Waals surface area contributed by atoms with E-state index in [0.29, 0.717) is 20.5 Å². The average molecular weight is 330 g/mol. The number of H-pyrrole nitrogens is 1. The summed E-state index contributed by atoms with van der Waals surface area (Å²) in [6, 6.07) is 5.23.